The second-order valence-corrected chi connectivity index (χ2v) is 5.86. The summed E-state index contributed by atoms with van der Waals surface area (Å²) in [6.07, 6.45) is 2.66. The van der Waals surface area contributed by atoms with Crippen LogP contribution in [-0.4, -0.2) is 73.7 Å². The van der Waals surface area contributed by atoms with E-state index in [-0.39, 0.29) is 30.7 Å². The van der Waals surface area contributed by atoms with Crippen molar-refractivity contribution in [3.63, 3.8) is 0 Å². The van der Waals surface area contributed by atoms with Crippen molar-refractivity contribution in [2.45, 2.75) is 44.8 Å². The molecule has 0 radical (unpaired) electrons. The van der Waals surface area contributed by atoms with Crippen LogP contribution >= 0.6 is 24.8 Å². The predicted molar refractivity (Wildman–Crippen MR) is 94.2 cm³/mol. The number of hydrogen-bond acceptors (Lipinski definition) is 4. The largest absolute Gasteiger partial charge is 0.368 e. The van der Waals surface area contributed by atoms with Crippen molar-refractivity contribution in [2.24, 2.45) is 0 Å². The van der Waals surface area contributed by atoms with Gasteiger partial charge < -0.3 is 15.0 Å². The molecule has 2 aliphatic rings. The highest BCUT2D eigenvalue weighted by molar-refractivity contribution is 5.86. The molecule has 0 aromatic carbocycles. The number of carbonyl (C=O) groups excluding carboxylic acids is 1. The van der Waals surface area contributed by atoms with Gasteiger partial charge in [0.1, 0.15) is 5.60 Å². The topological polar surface area (TPSA) is 44.8 Å². The second kappa shape index (κ2) is 9.93. The fraction of sp³-hybridized carbons (Fsp3) is 0.933. The Morgan fingerprint density at radius 2 is 1.86 bits per heavy atom. The lowest BCUT2D eigenvalue weighted by molar-refractivity contribution is -0.157. The molecule has 0 aliphatic carbocycles. The summed E-state index contributed by atoms with van der Waals surface area (Å²) < 4.78 is 5.66. The van der Waals surface area contributed by atoms with E-state index in [4.69, 9.17) is 4.74 Å². The Morgan fingerprint density at radius 3 is 2.36 bits per heavy atom. The number of nitrogens with zero attached hydrogens (tertiary/aromatic N) is 2. The Bertz CT molecular complexity index is 335. The number of halogens is 2. The van der Waals surface area contributed by atoms with Crippen LogP contribution < -0.4 is 5.32 Å². The average Bonchev–Trinajstić information content (AvgIpc) is 2.98. The quantitative estimate of drug-likeness (QED) is 0.812. The molecule has 1 atom stereocenters. The van der Waals surface area contributed by atoms with Crippen molar-refractivity contribution in [1.29, 1.82) is 0 Å². The molecule has 0 aromatic heterocycles. The van der Waals surface area contributed by atoms with Gasteiger partial charge in [-0.25, -0.2) is 0 Å². The first-order valence-electron chi connectivity index (χ1n) is 7.96. The number of likely N-dealkylation sites (N-methyl/N-ethyl adjacent to an activating group) is 1. The van der Waals surface area contributed by atoms with Gasteiger partial charge in [-0.3, -0.25) is 9.69 Å². The molecule has 5 nitrogen and oxygen atoms in total. The van der Waals surface area contributed by atoms with Crippen LogP contribution in [0.15, 0.2) is 0 Å². The summed E-state index contributed by atoms with van der Waals surface area (Å²) in [6, 6.07) is 0.518. The zero-order valence-electron chi connectivity index (χ0n) is 14.0. The van der Waals surface area contributed by atoms with E-state index < -0.39 is 5.60 Å². The average molecular weight is 356 g/mol. The van der Waals surface area contributed by atoms with E-state index in [2.05, 4.69) is 24.1 Å². The van der Waals surface area contributed by atoms with E-state index in [1.165, 1.54) is 0 Å². The smallest absolute Gasteiger partial charge is 0.254 e. The number of methoxy groups -OCH3 is 1. The number of likely N-dealkylation sites (tertiary alicyclic amines) is 1. The van der Waals surface area contributed by atoms with Crippen molar-refractivity contribution in [3.05, 3.63) is 0 Å². The molecular formula is C15H31Cl2N3O2. The number of nitrogens with one attached hydrogen (secondary N) is 1. The highest BCUT2D eigenvalue weighted by atomic mass is 35.5. The first-order valence-corrected chi connectivity index (χ1v) is 7.96. The maximum absolute atomic E-state index is 12.9. The van der Waals surface area contributed by atoms with Gasteiger partial charge in [-0.05, 0) is 45.4 Å². The summed E-state index contributed by atoms with van der Waals surface area (Å²) >= 11 is 0. The molecule has 2 aliphatic heterocycles. The molecule has 1 N–H and O–H groups in total. The molecule has 2 rings (SSSR count). The molecule has 0 saturated carbocycles. The first-order chi connectivity index (χ1) is 9.66. The van der Waals surface area contributed by atoms with Gasteiger partial charge in [0.05, 0.1) is 0 Å². The molecule has 1 amide bonds. The normalized spacial score (nSPS) is 23.8. The van der Waals surface area contributed by atoms with E-state index in [1.807, 2.05) is 4.90 Å². The number of piperidine rings is 1. The summed E-state index contributed by atoms with van der Waals surface area (Å²) in [6.45, 7) is 9.97. The lowest BCUT2D eigenvalue weighted by Crippen LogP contribution is -2.55. The summed E-state index contributed by atoms with van der Waals surface area (Å²) in [7, 11) is 1.68. The molecule has 2 saturated heterocycles. The van der Waals surface area contributed by atoms with E-state index >= 15 is 0 Å². The molecule has 22 heavy (non-hydrogen) atoms. The minimum absolute atomic E-state index is 0. The minimum Gasteiger partial charge on any atom is -0.368 e. The number of hydrogen-bond donors (Lipinski definition) is 1. The summed E-state index contributed by atoms with van der Waals surface area (Å²) in [4.78, 5) is 17.3. The predicted octanol–water partition coefficient (Wildman–Crippen LogP) is 1.54. The molecule has 1 unspecified atom stereocenters. The highest BCUT2D eigenvalue weighted by Crippen LogP contribution is 2.27. The monoisotopic (exact) mass is 355 g/mol. The Kier molecular flexibility index (Phi) is 9.90. The molecule has 2 heterocycles. The van der Waals surface area contributed by atoms with Crippen LogP contribution in [0, 0.1) is 0 Å². The van der Waals surface area contributed by atoms with Crippen LogP contribution in [0.3, 0.4) is 0 Å². The fourth-order valence-corrected chi connectivity index (χ4v) is 3.59. The van der Waals surface area contributed by atoms with Gasteiger partial charge >= 0.3 is 0 Å². The third-order valence-corrected chi connectivity index (χ3v) is 4.97. The van der Waals surface area contributed by atoms with Gasteiger partial charge in [0.25, 0.3) is 5.91 Å². The van der Waals surface area contributed by atoms with Crippen molar-refractivity contribution in [1.82, 2.24) is 15.1 Å². The van der Waals surface area contributed by atoms with Gasteiger partial charge in [0.2, 0.25) is 0 Å². The zero-order chi connectivity index (χ0) is 14.6. The first kappa shape index (κ1) is 21.9. The van der Waals surface area contributed by atoms with Gasteiger partial charge in [-0.1, -0.05) is 13.8 Å². The van der Waals surface area contributed by atoms with Gasteiger partial charge in [-0.2, -0.15) is 0 Å². The zero-order valence-corrected chi connectivity index (χ0v) is 15.6. The summed E-state index contributed by atoms with van der Waals surface area (Å²) in [5.41, 5.74) is -0.580. The van der Waals surface area contributed by atoms with E-state index in [0.29, 0.717) is 6.04 Å². The molecule has 2 fully saturated rings. The van der Waals surface area contributed by atoms with Crippen molar-refractivity contribution >= 4 is 30.7 Å². The Morgan fingerprint density at radius 1 is 1.27 bits per heavy atom. The standard InChI is InChI=1S/C15H29N3O2.2ClH/c1-4-17(5-2)13-6-11-18(12-13)14(19)15(20-3)7-9-16-10-8-15;;/h13,16H,4-12H2,1-3H3;2*1H. The number of ether oxygens (including phenoxy) is 1. The lowest BCUT2D eigenvalue weighted by Gasteiger charge is -2.38. The highest BCUT2D eigenvalue weighted by Gasteiger charge is 2.44. The molecule has 0 aromatic rings. The van der Waals surface area contributed by atoms with Crippen LogP contribution in [-0.2, 0) is 9.53 Å². The van der Waals surface area contributed by atoms with Gasteiger partial charge in [0, 0.05) is 26.2 Å². The molecule has 0 spiro atoms. The van der Waals surface area contributed by atoms with Crippen molar-refractivity contribution in [3.8, 4) is 0 Å². The SMILES string of the molecule is CCN(CC)C1CCN(C(=O)C2(OC)CCNCC2)C1.Cl.Cl. The number of rotatable bonds is 5. The van der Waals surface area contributed by atoms with Crippen LogP contribution in [0.5, 0.6) is 0 Å². The number of amides is 1. The Labute approximate surface area is 146 Å². The fourth-order valence-electron chi connectivity index (χ4n) is 3.59. The third-order valence-electron chi connectivity index (χ3n) is 4.97. The van der Waals surface area contributed by atoms with Crippen LogP contribution in [0.25, 0.3) is 0 Å². The molecule has 7 heteroatoms. The summed E-state index contributed by atoms with van der Waals surface area (Å²) in [5.74, 6) is 0.205. The van der Waals surface area contributed by atoms with Crippen LogP contribution in [0.4, 0.5) is 0 Å². The van der Waals surface area contributed by atoms with Gasteiger partial charge in [0.15, 0.2) is 0 Å². The number of carbonyl (C=O) groups is 1. The van der Waals surface area contributed by atoms with E-state index in [9.17, 15) is 4.79 Å². The molecular weight excluding hydrogens is 325 g/mol. The van der Waals surface area contributed by atoms with E-state index in [0.717, 1.165) is 58.5 Å². The molecule has 0 bridgehead atoms. The summed E-state index contributed by atoms with van der Waals surface area (Å²) in [5, 5.41) is 3.31. The molecule has 132 valence electrons. The van der Waals surface area contributed by atoms with E-state index in [1.54, 1.807) is 7.11 Å². The van der Waals surface area contributed by atoms with Crippen molar-refractivity contribution < 1.29 is 9.53 Å². The second-order valence-electron chi connectivity index (χ2n) is 5.86. The minimum atomic E-state index is -0.580. The van der Waals surface area contributed by atoms with Crippen molar-refractivity contribution in [2.75, 3.05) is 46.4 Å². The Hall–Kier alpha value is -0.0700. The van der Waals surface area contributed by atoms with Gasteiger partial charge in [-0.15, -0.1) is 24.8 Å². The van der Waals surface area contributed by atoms with Crippen LogP contribution in [0.1, 0.15) is 33.1 Å². The third kappa shape index (κ3) is 4.48. The maximum Gasteiger partial charge on any atom is 0.254 e. The van der Waals surface area contributed by atoms with Crippen LogP contribution in [0.2, 0.25) is 0 Å². The maximum atomic E-state index is 12.9. The lowest BCUT2D eigenvalue weighted by atomic mass is 9.90. The Balaban J connectivity index is 0.00000220.